The number of amides is 1. The smallest absolute Gasteiger partial charge is 0.272 e. The molecule has 6 heteroatoms. The minimum absolute atomic E-state index is 0.00134. The first-order valence-electron chi connectivity index (χ1n) is 10.5. The SMILES string of the molecule is C[C@@H]1CC[C@@H]2[C@@H](C1)O[C@@H]1[C@@H]3Cc4c(cccc4[N+](=O)[O-])C[C@H]3C(=O)N1C2(C)C. The Labute approximate surface area is 165 Å². The molecule has 1 aromatic rings. The maximum absolute atomic E-state index is 13.5. The zero-order valence-corrected chi connectivity index (χ0v) is 16.8. The molecule has 2 aliphatic heterocycles. The number of nitro groups is 1. The molecule has 0 spiro atoms. The zero-order chi connectivity index (χ0) is 19.8. The van der Waals surface area contributed by atoms with Gasteiger partial charge in [0.1, 0.15) is 6.23 Å². The fourth-order valence-electron chi connectivity index (χ4n) is 6.47. The van der Waals surface area contributed by atoms with Crippen molar-refractivity contribution in [1.29, 1.82) is 0 Å². The number of ether oxygens (including phenoxy) is 1. The van der Waals surface area contributed by atoms with Crippen LogP contribution in [0.1, 0.15) is 51.2 Å². The largest absolute Gasteiger partial charge is 0.354 e. The molecule has 4 aliphatic rings. The maximum Gasteiger partial charge on any atom is 0.272 e. The first-order valence-corrected chi connectivity index (χ1v) is 10.5. The van der Waals surface area contributed by atoms with Gasteiger partial charge in [-0.3, -0.25) is 14.9 Å². The number of nitrogens with zero attached hydrogens (tertiary/aromatic N) is 2. The summed E-state index contributed by atoms with van der Waals surface area (Å²) in [5, 5.41) is 11.5. The summed E-state index contributed by atoms with van der Waals surface area (Å²) in [6.45, 7) is 6.67. The number of nitro benzene ring substituents is 1. The molecule has 0 radical (unpaired) electrons. The predicted octanol–water partition coefficient (Wildman–Crippen LogP) is 3.71. The van der Waals surface area contributed by atoms with Crippen LogP contribution >= 0.6 is 0 Å². The van der Waals surface area contributed by atoms with Crippen LogP contribution in [0.25, 0.3) is 0 Å². The van der Waals surface area contributed by atoms with Gasteiger partial charge in [0.25, 0.3) is 5.69 Å². The second kappa shape index (κ2) is 6.02. The van der Waals surface area contributed by atoms with Crippen LogP contribution in [0.15, 0.2) is 18.2 Å². The molecule has 28 heavy (non-hydrogen) atoms. The zero-order valence-electron chi connectivity index (χ0n) is 16.8. The number of hydrogen-bond acceptors (Lipinski definition) is 4. The maximum atomic E-state index is 13.5. The number of fused-ring (bicyclic) bond motifs is 5. The van der Waals surface area contributed by atoms with Gasteiger partial charge in [-0.15, -0.1) is 0 Å². The third-order valence-electron chi connectivity index (χ3n) is 7.91. The molecule has 0 bridgehead atoms. The van der Waals surface area contributed by atoms with Crippen molar-refractivity contribution in [3.63, 3.8) is 0 Å². The molecule has 6 atom stereocenters. The Hall–Kier alpha value is -1.95. The highest BCUT2D eigenvalue weighted by molar-refractivity contribution is 5.84. The molecule has 1 amide bonds. The highest BCUT2D eigenvalue weighted by Crippen LogP contribution is 2.53. The van der Waals surface area contributed by atoms with Crippen LogP contribution in [0.3, 0.4) is 0 Å². The predicted molar refractivity (Wildman–Crippen MR) is 104 cm³/mol. The molecule has 2 heterocycles. The highest BCUT2D eigenvalue weighted by Gasteiger charge is 2.61. The minimum atomic E-state index is -0.293. The van der Waals surface area contributed by atoms with Crippen LogP contribution in [0.5, 0.6) is 0 Å². The van der Waals surface area contributed by atoms with E-state index in [2.05, 4.69) is 20.8 Å². The van der Waals surface area contributed by atoms with E-state index in [0.29, 0.717) is 24.7 Å². The van der Waals surface area contributed by atoms with E-state index in [1.54, 1.807) is 12.1 Å². The fraction of sp³-hybridized carbons (Fsp3) is 0.682. The van der Waals surface area contributed by atoms with Crippen molar-refractivity contribution in [3.05, 3.63) is 39.4 Å². The van der Waals surface area contributed by atoms with Gasteiger partial charge >= 0.3 is 0 Å². The average Bonchev–Trinajstić information content (AvgIpc) is 2.91. The molecule has 0 N–H and O–H groups in total. The molecule has 6 nitrogen and oxygen atoms in total. The van der Waals surface area contributed by atoms with Gasteiger partial charge in [0, 0.05) is 34.9 Å². The lowest BCUT2D eigenvalue weighted by atomic mass is 9.69. The van der Waals surface area contributed by atoms with Gasteiger partial charge in [-0.2, -0.15) is 0 Å². The number of carbonyl (C=O) groups is 1. The van der Waals surface area contributed by atoms with Gasteiger partial charge in [0.15, 0.2) is 0 Å². The highest BCUT2D eigenvalue weighted by atomic mass is 16.6. The van der Waals surface area contributed by atoms with Crippen molar-refractivity contribution in [2.75, 3.05) is 0 Å². The Morgan fingerprint density at radius 1 is 1.25 bits per heavy atom. The van der Waals surface area contributed by atoms with E-state index in [1.165, 1.54) is 6.42 Å². The molecule has 150 valence electrons. The van der Waals surface area contributed by atoms with Gasteiger partial charge in [0.2, 0.25) is 5.91 Å². The van der Waals surface area contributed by atoms with Crippen LogP contribution in [-0.4, -0.2) is 33.6 Å². The van der Waals surface area contributed by atoms with E-state index in [1.807, 2.05) is 11.0 Å². The van der Waals surface area contributed by atoms with Gasteiger partial charge in [-0.25, -0.2) is 0 Å². The van der Waals surface area contributed by atoms with Crippen LogP contribution in [0.4, 0.5) is 5.69 Å². The lowest BCUT2D eigenvalue weighted by Crippen LogP contribution is -2.64. The summed E-state index contributed by atoms with van der Waals surface area (Å²) in [5.74, 6) is 1.05. The summed E-state index contributed by atoms with van der Waals surface area (Å²) >= 11 is 0. The van der Waals surface area contributed by atoms with Crippen molar-refractivity contribution in [2.45, 2.75) is 70.7 Å². The second-order valence-corrected chi connectivity index (χ2v) is 9.80. The Morgan fingerprint density at radius 2 is 2.04 bits per heavy atom. The first kappa shape index (κ1) is 18.1. The van der Waals surface area contributed by atoms with Gasteiger partial charge in [-0.1, -0.05) is 25.5 Å². The summed E-state index contributed by atoms with van der Waals surface area (Å²) in [4.78, 5) is 26.7. The van der Waals surface area contributed by atoms with Crippen molar-refractivity contribution >= 4 is 11.6 Å². The number of hydrogen-bond donors (Lipinski definition) is 0. The quantitative estimate of drug-likeness (QED) is 0.547. The van der Waals surface area contributed by atoms with Crippen LogP contribution < -0.4 is 0 Å². The second-order valence-electron chi connectivity index (χ2n) is 9.80. The lowest BCUT2D eigenvalue weighted by Gasteiger charge is -2.56. The van der Waals surface area contributed by atoms with Gasteiger partial charge in [0.05, 0.1) is 11.0 Å². The third kappa shape index (κ3) is 2.39. The van der Waals surface area contributed by atoms with E-state index in [9.17, 15) is 14.9 Å². The van der Waals surface area contributed by atoms with Crippen molar-refractivity contribution in [3.8, 4) is 0 Å². The molecule has 1 aromatic carbocycles. The number of carbonyl (C=O) groups excluding carboxylic acids is 1. The fourth-order valence-corrected chi connectivity index (χ4v) is 6.47. The monoisotopic (exact) mass is 384 g/mol. The molecule has 1 saturated carbocycles. The van der Waals surface area contributed by atoms with Crippen LogP contribution in [0, 0.1) is 33.8 Å². The van der Waals surface area contributed by atoms with Crippen molar-refractivity contribution in [1.82, 2.24) is 4.90 Å². The van der Waals surface area contributed by atoms with E-state index in [4.69, 9.17) is 4.74 Å². The number of benzene rings is 1. The Balaban J connectivity index is 1.53. The third-order valence-corrected chi connectivity index (χ3v) is 7.91. The summed E-state index contributed by atoms with van der Waals surface area (Å²) in [5.41, 5.74) is 1.69. The standard InChI is InChI=1S/C22H28N2O4/c1-12-7-8-17-19(9-12)28-21-16-11-14-13(5-4-6-18(14)24(26)27)10-15(16)20(25)23(21)22(17,2)3/h4-6,12,15-17,19,21H,7-11H2,1-3H3/t12-,15-,16-,17-,19-,21-/m1/s1. The van der Waals surface area contributed by atoms with Gasteiger partial charge < -0.3 is 9.64 Å². The lowest BCUT2D eigenvalue weighted by molar-refractivity contribution is -0.385. The molecule has 3 fully saturated rings. The van der Waals surface area contributed by atoms with Crippen LogP contribution in [-0.2, 0) is 22.4 Å². The first-order chi connectivity index (χ1) is 13.3. The molecule has 0 unspecified atom stereocenters. The Morgan fingerprint density at radius 3 is 2.79 bits per heavy atom. The average molecular weight is 384 g/mol. The van der Waals surface area contributed by atoms with Gasteiger partial charge in [-0.05, 0) is 51.0 Å². The molecular formula is C22H28N2O4. The number of rotatable bonds is 1. The normalized spacial score (nSPS) is 38.2. The van der Waals surface area contributed by atoms with Crippen molar-refractivity contribution in [2.24, 2.45) is 23.7 Å². The topological polar surface area (TPSA) is 72.7 Å². The molecule has 0 aromatic heterocycles. The molecule has 2 aliphatic carbocycles. The summed E-state index contributed by atoms with van der Waals surface area (Å²) in [7, 11) is 0. The van der Waals surface area contributed by atoms with E-state index in [0.717, 1.165) is 24.0 Å². The van der Waals surface area contributed by atoms with E-state index in [-0.39, 0.29) is 46.2 Å². The molecule has 5 rings (SSSR count). The Bertz CT molecular complexity index is 851. The molecular weight excluding hydrogens is 356 g/mol. The van der Waals surface area contributed by atoms with E-state index >= 15 is 0 Å². The Kier molecular flexibility index (Phi) is 3.89. The summed E-state index contributed by atoms with van der Waals surface area (Å²) in [6, 6.07) is 5.26. The van der Waals surface area contributed by atoms with Crippen molar-refractivity contribution < 1.29 is 14.5 Å². The van der Waals surface area contributed by atoms with E-state index < -0.39 is 0 Å². The summed E-state index contributed by atoms with van der Waals surface area (Å²) in [6.07, 6.45) is 4.37. The minimum Gasteiger partial charge on any atom is -0.354 e. The van der Waals surface area contributed by atoms with Crippen LogP contribution in [0.2, 0.25) is 0 Å². The summed E-state index contributed by atoms with van der Waals surface area (Å²) < 4.78 is 6.61. The molecule has 2 saturated heterocycles.